The second-order valence-corrected chi connectivity index (χ2v) is 5.04. The van der Waals surface area contributed by atoms with Crippen LogP contribution >= 0.6 is 0 Å². The van der Waals surface area contributed by atoms with Crippen LogP contribution in [0.25, 0.3) is 0 Å². The molecule has 80 valence electrons. The van der Waals surface area contributed by atoms with Gasteiger partial charge >= 0.3 is 0 Å². The van der Waals surface area contributed by atoms with Crippen LogP contribution in [0, 0.1) is 5.41 Å². The Labute approximate surface area is 84.7 Å². The van der Waals surface area contributed by atoms with Crippen molar-refractivity contribution in [3.8, 4) is 0 Å². The van der Waals surface area contributed by atoms with Crippen molar-refractivity contribution in [2.75, 3.05) is 13.1 Å². The van der Waals surface area contributed by atoms with Gasteiger partial charge in [-0.25, -0.2) is 0 Å². The average molecular weight is 198 g/mol. The molecule has 1 N–H and O–H groups in total. The van der Waals surface area contributed by atoms with Gasteiger partial charge in [0.05, 0.1) is 6.54 Å². The predicted molar refractivity (Wildman–Crippen MR) is 53.6 cm³/mol. The first-order valence-electron chi connectivity index (χ1n) is 4.88. The van der Waals surface area contributed by atoms with E-state index in [9.17, 15) is 9.59 Å². The smallest absolute Gasteiger partial charge is 0.245 e. The van der Waals surface area contributed by atoms with E-state index in [0.29, 0.717) is 6.54 Å². The molecule has 4 nitrogen and oxygen atoms in total. The molecule has 0 saturated carbocycles. The highest BCUT2D eigenvalue weighted by molar-refractivity contribution is 5.94. The van der Waals surface area contributed by atoms with Gasteiger partial charge in [0.25, 0.3) is 0 Å². The largest absolute Gasteiger partial charge is 0.343 e. The van der Waals surface area contributed by atoms with Crippen molar-refractivity contribution in [1.82, 2.24) is 10.2 Å². The van der Waals surface area contributed by atoms with Gasteiger partial charge in [0.2, 0.25) is 11.8 Å². The Hall–Kier alpha value is -1.06. The highest BCUT2D eigenvalue weighted by atomic mass is 16.2. The second-order valence-electron chi connectivity index (χ2n) is 5.04. The first-order chi connectivity index (χ1) is 6.29. The second kappa shape index (κ2) is 3.59. The third kappa shape index (κ3) is 2.72. The Morgan fingerprint density at radius 1 is 1.43 bits per heavy atom. The highest BCUT2D eigenvalue weighted by Crippen LogP contribution is 2.16. The molecule has 1 atom stereocenters. The fraction of sp³-hybridized carbons (Fsp3) is 0.800. The van der Waals surface area contributed by atoms with Crippen LogP contribution in [0.4, 0.5) is 0 Å². The molecule has 0 bridgehead atoms. The molecule has 0 aromatic rings. The van der Waals surface area contributed by atoms with Crippen LogP contribution in [0.3, 0.4) is 0 Å². The van der Waals surface area contributed by atoms with Crippen molar-refractivity contribution in [3.05, 3.63) is 0 Å². The molecule has 14 heavy (non-hydrogen) atoms. The minimum absolute atomic E-state index is 0.0134. The summed E-state index contributed by atoms with van der Waals surface area (Å²) in [5.41, 5.74) is 0.0347. The summed E-state index contributed by atoms with van der Waals surface area (Å²) in [5.74, 6) is -0.0547. The van der Waals surface area contributed by atoms with Crippen molar-refractivity contribution in [3.63, 3.8) is 0 Å². The van der Waals surface area contributed by atoms with Crippen molar-refractivity contribution < 1.29 is 9.59 Å². The Morgan fingerprint density at radius 3 is 2.50 bits per heavy atom. The summed E-state index contributed by atoms with van der Waals surface area (Å²) in [5, 5.41) is 2.61. The van der Waals surface area contributed by atoms with Gasteiger partial charge in [-0.05, 0) is 12.3 Å². The fourth-order valence-corrected chi connectivity index (χ4v) is 1.58. The van der Waals surface area contributed by atoms with Crippen molar-refractivity contribution in [2.24, 2.45) is 5.41 Å². The lowest BCUT2D eigenvalue weighted by Gasteiger charge is -2.35. The number of carbonyl (C=O) groups is 2. The van der Waals surface area contributed by atoms with Crippen LogP contribution in [0.15, 0.2) is 0 Å². The molecule has 4 heteroatoms. The van der Waals surface area contributed by atoms with Gasteiger partial charge in [0.15, 0.2) is 0 Å². The van der Waals surface area contributed by atoms with E-state index < -0.39 is 0 Å². The quantitative estimate of drug-likeness (QED) is 0.662. The van der Waals surface area contributed by atoms with Gasteiger partial charge in [-0.3, -0.25) is 9.59 Å². The van der Waals surface area contributed by atoms with Crippen molar-refractivity contribution in [1.29, 1.82) is 0 Å². The van der Waals surface area contributed by atoms with E-state index in [2.05, 4.69) is 26.1 Å². The number of carbonyl (C=O) groups excluding carboxylic acids is 2. The standard InChI is InChI=1S/C10H18N2O2/c1-7-9(14)12(5-8(13)11-7)6-10(2,3)4/h7H,5-6H2,1-4H3,(H,11,13). The molecule has 2 amide bonds. The number of nitrogens with one attached hydrogen (secondary N) is 1. The first kappa shape index (κ1) is 11.0. The van der Waals surface area contributed by atoms with Gasteiger partial charge in [0, 0.05) is 6.54 Å². The summed E-state index contributed by atoms with van der Waals surface area (Å²) in [6.45, 7) is 8.70. The molecule has 1 saturated heterocycles. The lowest BCUT2D eigenvalue weighted by Crippen LogP contribution is -2.58. The van der Waals surface area contributed by atoms with Gasteiger partial charge in [-0.2, -0.15) is 0 Å². The third-order valence-corrected chi connectivity index (χ3v) is 2.06. The first-order valence-corrected chi connectivity index (χ1v) is 4.88. The van der Waals surface area contributed by atoms with E-state index in [0.717, 1.165) is 0 Å². The maximum absolute atomic E-state index is 11.7. The minimum atomic E-state index is -0.376. The topological polar surface area (TPSA) is 49.4 Å². The minimum Gasteiger partial charge on any atom is -0.343 e. The summed E-state index contributed by atoms with van der Waals surface area (Å²) in [6.07, 6.45) is 0. The van der Waals surface area contributed by atoms with Crippen LogP contribution in [0.1, 0.15) is 27.7 Å². The molecule has 0 radical (unpaired) electrons. The number of rotatable bonds is 1. The normalized spacial score (nSPS) is 23.7. The summed E-state index contributed by atoms with van der Waals surface area (Å²) < 4.78 is 0. The van der Waals surface area contributed by atoms with Crippen LogP contribution in [-0.2, 0) is 9.59 Å². The van der Waals surface area contributed by atoms with Gasteiger partial charge in [-0.1, -0.05) is 20.8 Å². The SMILES string of the molecule is CC1NC(=O)CN(CC(C)(C)C)C1=O. The molecule has 1 aliphatic rings. The molecule has 1 unspecified atom stereocenters. The highest BCUT2D eigenvalue weighted by Gasteiger charge is 2.31. The summed E-state index contributed by atoms with van der Waals surface area (Å²) in [4.78, 5) is 24.5. The van der Waals surface area contributed by atoms with Crippen LogP contribution in [0.2, 0.25) is 0 Å². The monoisotopic (exact) mass is 198 g/mol. The van der Waals surface area contributed by atoms with Crippen LogP contribution in [0.5, 0.6) is 0 Å². The van der Waals surface area contributed by atoms with Gasteiger partial charge in [0.1, 0.15) is 6.04 Å². The Bertz CT molecular complexity index is 255. The number of amides is 2. The molecule has 0 spiro atoms. The lowest BCUT2D eigenvalue weighted by molar-refractivity contribution is -0.144. The molecule has 0 aliphatic carbocycles. The maximum Gasteiger partial charge on any atom is 0.245 e. The van der Waals surface area contributed by atoms with Gasteiger partial charge in [-0.15, -0.1) is 0 Å². The summed E-state index contributed by atoms with van der Waals surface area (Å²) >= 11 is 0. The van der Waals surface area contributed by atoms with Crippen molar-refractivity contribution in [2.45, 2.75) is 33.7 Å². The van der Waals surface area contributed by atoms with E-state index in [4.69, 9.17) is 0 Å². The zero-order valence-electron chi connectivity index (χ0n) is 9.26. The van der Waals surface area contributed by atoms with E-state index in [1.54, 1.807) is 11.8 Å². The zero-order chi connectivity index (χ0) is 10.9. The summed E-state index contributed by atoms with van der Waals surface area (Å²) in [7, 11) is 0. The fourth-order valence-electron chi connectivity index (χ4n) is 1.58. The number of nitrogens with zero attached hydrogens (tertiary/aromatic N) is 1. The molecule has 1 fully saturated rings. The summed E-state index contributed by atoms with van der Waals surface area (Å²) in [6, 6.07) is -0.376. The van der Waals surface area contributed by atoms with Crippen LogP contribution in [-0.4, -0.2) is 35.8 Å². The molecule has 0 aromatic heterocycles. The van der Waals surface area contributed by atoms with E-state index in [-0.39, 0.29) is 29.8 Å². The van der Waals surface area contributed by atoms with E-state index >= 15 is 0 Å². The van der Waals surface area contributed by atoms with Crippen molar-refractivity contribution >= 4 is 11.8 Å². The molecule has 1 heterocycles. The van der Waals surface area contributed by atoms with E-state index in [1.807, 2.05) is 0 Å². The predicted octanol–water partition coefficient (Wildman–Crippen LogP) is 0.379. The maximum atomic E-state index is 11.7. The lowest BCUT2D eigenvalue weighted by atomic mass is 9.95. The third-order valence-electron chi connectivity index (χ3n) is 2.06. The number of piperazine rings is 1. The Kier molecular flexibility index (Phi) is 2.83. The van der Waals surface area contributed by atoms with Gasteiger partial charge < -0.3 is 10.2 Å². The zero-order valence-corrected chi connectivity index (χ0v) is 9.26. The molecule has 1 rings (SSSR count). The average Bonchev–Trinajstić information content (AvgIpc) is 1.96. The molecular formula is C10H18N2O2. The molecule has 1 aliphatic heterocycles. The Morgan fingerprint density at radius 2 is 2.00 bits per heavy atom. The Balaban J connectivity index is 2.67. The number of hydrogen-bond acceptors (Lipinski definition) is 2. The van der Waals surface area contributed by atoms with E-state index in [1.165, 1.54) is 0 Å². The number of hydrogen-bond donors (Lipinski definition) is 1. The molecule has 0 aromatic carbocycles. The molecular weight excluding hydrogens is 180 g/mol. The van der Waals surface area contributed by atoms with Crippen LogP contribution < -0.4 is 5.32 Å².